The van der Waals surface area contributed by atoms with Gasteiger partial charge < -0.3 is 0 Å². The van der Waals surface area contributed by atoms with Crippen LogP contribution in [-0.2, 0) is 11.4 Å². The Kier molecular flexibility index (Phi) is 71.6. The first-order valence-electron chi connectivity index (χ1n) is 1.48. The Morgan fingerprint density at radius 1 is 0.667 bits per heavy atom. The van der Waals surface area contributed by atoms with Crippen molar-refractivity contribution in [3.05, 3.63) is 0 Å². The summed E-state index contributed by atoms with van der Waals surface area (Å²) in [4.78, 5) is 0. The molecule has 48 valence electrons. The van der Waals surface area contributed by atoms with Crippen LogP contribution in [0.3, 0.4) is 0 Å². The first kappa shape index (κ1) is 16.2. The third-order valence-electron chi connectivity index (χ3n) is 0. The zero-order valence-electron chi connectivity index (χ0n) is 4.30. The van der Waals surface area contributed by atoms with E-state index in [0.717, 1.165) is 0 Å². The molecular formula is H3Al3O6. The van der Waals surface area contributed by atoms with E-state index in [1.165, 1.54) is 0 Å². The van der Waals surface area contributed by atoms with E-state index in [9.17, 15) is 0 Å². The second-order valence-corrected chi connectivity index (χ2v) is 0.949. The fraction of sp³-hybridized carbons (Fsp3) is 0. The molecule has 6 nitrogen and oxygen atoms in total. The van der Waals surface area contributed by atoms with E-state index in [2.05, 4.69) is 0 Å². The molecule has 0 saturated heterocycles. The Balaban J connectivity index is -0.0000000600. The molecule has 0 heterocycles. The van der Waals surface area contributed by atoms with E-state index < -0.39 is 46.5 Å². The first-order valence-corrected chi connectivity index (χ1v) is 4.45. The Morgan fingerprint density at radius 3 is 0.667 bits per heavy atom. The third kappa shape index (κ3) is 2180. The van der Waals surface area contributed by atoms with Crippen molar-refractivity contribution in [1.82, 2.24) is 0 Å². The topological polar surface area (TPSA) is 112 Å². The summed E-state index contributed by atoms with van der Waals surface area (Å²) < 4.78 is 47.0. The standard InChI is InChI=1S/3Al.3H2O.3O/h;;;3*1H2;;;/q3*+1;;;;;;/p-3. The maximum absolute atomic E-state index is 8.57. The van der Waals surface area contributed by atoms with Crippen LogP contribution in [-0.4, -0.2) is 58.9 Å². The predicted molar refractivity (Wildman–Crippen MR) is 26.0 cm³/mol. The quantitative estimate of drug-likeness (QED) is 0.339. The third-order valence-corrected chi connectivity index (χ3v) is 0. The summed E-state index contributed by atoms with van der Waals surface area (Å²) in [5, 5.41) is 0. The molecule has 0 aliphatic carbocycles. The monoisotopic (exact) mass is 180 g/mol. The average Bonchev–Trinajstić information content (AvgIpc) is 1.70. The van der Waals surface area contributed by atoms with Crippen LogP contribution >= 0.6 is 0 Å². The molecule has 0 atom stereocenters. The Labute approximate surface area is 70.3 Å². The van der Waals surface area contributed by atoms with Gasteiger partial charge in [-0.25, -0.2) is 0 Å². The molecule has 0 amide bonds. The number of hydrogen-bond donors (Lipinski definition) is 3. The van der Waals surface area contributed by atoms with E-state index in [0.29, 0.717) is 0 Å². The molecule has 3 N–H and O–H groups in total. The summed E-state index contributed by atoms with van der Waals surface area (Å²) in [6, 6.07) is 0. The zero-order chi connectivity index (χ0) is 8.12. The van der Waals surface area contributed by atoms with Gasteiger partial charge in [0.05, 0.1) is 0 Å². The fourth-order valence-corrected chi connectivity index (χ4v) is 0. The molecule has 9 heavy (non-hydrogen) atoms. The van der Waals surface area contributed by atoms with Gasteiger partial charge in [0, 0.05) is 0 Å². The summed E-state index contributed by atoms with van der Waals surface area (Å²) in [6.45, 7) is 0. The molecule has 0 saturated carbocycles. The van der Waals surface area contributed by atoms with Gasteiger partial charge in [-0.05, 0) is 0 Å². The molecule has 0 aromatic carbocycles. The summed E-state index contributed by atoms with van der Waals surface area (Å²) >= 11 is -4.50. The van der Waals surface area contributed by atoms with Crippen molar-refractivity contribution < 1.29 is 23.9 Å². The van der Waals surface area contributed by atoms with Crippen LogP contribution in [0.5, 0.6) is 0 Å². The van der Waals surface area contributed by atoms with E-state index in [1.807, 2.05) is 0 Å². The van der Waals surface area contributed by atoms with Gasteiger partial charge in [0.15, 0.2) is 0 Å². The van der Waals surface area contributed by atoms with Crippen molar-refractivity contribution in [2.24, 2.45) is 0 Å². The van der Waals surface area contributed by atoms with E-state index in [4.69, 9.17) is 23.9 Å². The van der Waals surface area contributed by atoms with Crippen LogP contribution in [0.4, 0.5) is 0 Å². The summed E-state index contributed by atoms with van der Waals surface area (Å²) in [5.41, 5.74) is 0. The van der Waals surface area contributed by atoms with Gasteiger partial charge in [-0.15, -0.1) is 0 Å². The predicted octanol–water partition coefficient (Wildman–Crippen LogP) is -3.17. The molecule has 0 fully saturated rings. The average molecular weight is 180 g/mol. The van der Waals surface area contributed by atoms with Crippen LogP contribution in [0.2, 0.25) is 0 Å². The van der Waals surface area contributed by atoms with Crippen molar-refractivity contribution in [3.63, 3.8) is 0 Å². The molecule has 9 heteroatoms. The SMILES string of the molecule is [O]=[Al][OH].[O]=[Al][OH].[O]=[Al][OH]. The minimum absolute atomic E-state index is 1.50. The van der Waals surface area contributed by atoms with Crippen LogP contribution in [0.1, 0.15) is 0 Å². The van der Waals surface area contributed by atoms with Crippen LogP contribution in [0.25, 0.3) is 0 Å². The molecule has 0 rings (SSSR count). The van der Waals surface area contributed by atoms with Crippen molar-refractivity contribution in [3.8, 4) is 0 Å². The van der Waals surface area contributed by atoms with E-state index in [-0.39, 0.29) is 0 Å². The van der Waals surface area contributed by atoms with Gasteiger partial charge in [0.1, 0.15) is 0 Å². The Bertz CT molecular complexity index is 45.1. The van der Waals surface area contributed by atoms with Crippen LogP contribution < -0.4 is 0 Å². The van der Waals surface area contributed by atoms with Crippen molar-refractivity contribution in [2.45, 2.75) is 0 Å². The fourth-order valence-electron chi connectivity index (χ4n) is 0. The van der Waals surface area contributed by atoms with E-state index in [1.54, 1.807) is 0 Å². The molecule has 0 bridgehead atoms. The van der Waals surface area contributed by atoms with E-state index >= 15 is 0 Å². The molecule has 0 radical (unpaired) electrons. The molecule has 0 aromatic heterocycles. The molecule has 0 aliphatic heterocycles. The van der Waals surface area contributed by atoms with Crippen molar-refractivity contribution in [2.75, 3.05) is 0 Å². The van der Waals surface area contributed by atoms with Crippen molar-refractivity contribution >= 4 is 46.5 Å². The van der Waals surface area contributed by atoms with Crippen LogP contribution in [0, 0.1) is 0 Å². The molecular weight excluding hydrogens is 177 g/mol. The van der Waals surface area contributed by atoms with Gasteiger partial charge in [-0.3, -0.25) is 0 Å². The van der Waals surface area contributed by atoms with Crippen LogP contribution in [0.15, 0.2) is 0 Å². The Hall–Kier alpha value is 0.397. The minimum atomic E-state index is -1.50. The summed E-state index contributed by atoms with van der Waals surface area (Å²) in [6.07, 6.45) is 0. The summed E-state index contributed by atoms with van der Waals surface area (Å²) in [7, 11) is 0. The Morgan fingerprint density at radius 2 is 0.667 bits per heavy atom. The first-order chi connectivity index (χ1) is 4.24. The number of hydrogen-bond acceptors (Lipinski definition) is 3. The normalized spacial score (nSPS) is 2.67. The molecule has 0 aliphatic rings. The summed E-state index contributed by atoms with van der Waals surface area (Å²) in [5.74, 6) is 0. The zero-order valence-corrected chi connectivity index (χ0v) is 7.76. The maximum atomic E-state index is 8.57. The number of rotatable bonds is 0. The van der Waals surface area contributed by atoms with Gasteiger partial charge in [-0.1, -0.05) is 0 Å². The van der Waals surface area contributed by atoms with Crippen molar-refractivity contribution in [1.29, 1.82) is 0 Å². The molecule has 0 aromatic rings. The van der Waals surface area contributed by atoms with Gasteiger partial charge in [-0.2, -0.15) is 0 Å². The second kappa shape index (κ2) is 39.8. The van der Waals surface area contributed by atoms with Gasteiger partial charge >= 0.3 is 70.3 Å². The molecule has 0 spiro atoms. The van der Waals surface area contributed by atoms with Gasteiger partial charge in [0.25, 0.3) is 0 Å². The van der Waals surface area contributed by atoms with Gasteiger partial charge in [0.2, 0.25) is 0 Å². The molecule has 0 unspecified atom stereocenters. The second-order valence-electron chi connectivity index (χ2n) is 0.316.